The number of fused-ring (bicyclic) bond motifs is 3. The number of hydrogen-bond acceptors (Lipinski definition) is 4. The van der Waals surface area contributed by atoms with Gasteiger partial charge < -0.3 is 20.5 Å². The summed E-state index contributed by atoms with van der Waals surface area (Å²) in [7, 11) is 0. The van der Waals surface area contributed by atoms with Crippen molar-refractivity contribution < 1.29 is 24.2 Å². The van der Waals surface area contributed by atoms with Crippen LogP contribution in [0.1, 0.15) is 63.5 Å². The molecule has 2 aromatic carbocycles. The molecule has 1 saturated carbocycles. The first-order valence-corrected chi connectivity index (χ1v) is 12.2. The molecule has 1 unspecified atom stereocenters. The van der Waals surface area contributed by atoms with Crippen LogP contribution in [0.2, 0.25) is 0 Å². The molecule has 2 aliphatic carbocycles. The molecule has 7 heteroatoms. The topological polar surface area (TPSA) is 105 Å². The smallest absolute Gasteiger partial charge is 0.407 e. The summed E-state index contributed by atoms with van der Waals surface area (Å²) >= 11 is 0. The normalized spacial score (nSPS) is 16.9. The van der Waals surface area contributed by atoms with Gasteiger partial charge in [0.2, 0.25) is 5.91 Å². The molecular formula is C28H34N2O5. The van der Waals surface area contributed by atoms with Crippen LogP contribution in [0.4, 0.5) is 4.79 Å². The van der Waals surface area contributed by atoms with Gasteiger partial charge in [-0.1, -0.05) is 69.3 Å². The van der Waals surface area contributed by atoms with E-state index in [0.29, 0.717) is 19.3 Å². The molecule has 2 amide bonds. The summed E-state index contributed by atoms with van der Waals surface area (Å²) < 4.78 is 5.60. The fourth-order valence-corrected chi connectivity index (χ4v) is 5.11. The standard InChI is InChI=1S/C28H34N2O5/c1-27(2,3)15-18(24(31)30-28(25(32)33)13-8-14-28)16-29-26(34)35-17-23-21-11-6-4-9-19(21)20-10-5-7-12-22(20)23/h4-7,9-12,18,23H,8,13-17H2,1-3H3,(H,29,34)(H,30,31)(H,32,33). The molecule has 0 saturated heterocycles. The van der Waals surface area contributed by atoms with Gasteiger partial charge in [-0.15, -0.1) is 0 Å². The van der Waals surface area contributed by atoms with Gasteiger partial charge in [-0.3, -0.25) is 4.79 Å². The minimum Gasteiger partial charge on any atom is -0.480 e. The second-order valence-electron chi connectivity index (χ2n) is 10.9. The van der Waals surface area contributed by atoms with E-state index in [1.54, 1.807) is 0 Å². The minimum atomic E-state index is -1.18. The molecule has 0 aliphatic heterocycles. The van der Waals surface area contributed by atoms with Crippen LogP contribution in [0.25, 0.3) is 11.1 Å². The van der Waals surface area contributed by atoms with E-state index >= 15 is 0 Å². The number of hydrogen-bond donors (Lipinski definition) is 3. The van der Waals surface area contributed by atoms with Crippen molar-refractivity contribution in [2.24, 2.45) is 11.3 Å². The van der Waals surface area contributed by atoms with E-state index in [9.17, 15) is 19.5 Å². The molecule has 0 aromatic heterocycles. The van der Waals surface area contributed by atoms with Gasteiger partial charge in [-0.2, -0.15) is 0 Å². The number of carbonyl (C=O) groups excluding carboxylic acids is 2. The highest BCUT2D eigenvalue weighted by Crippen LogP contribution is 2.44. The van der Waals surface area contributed by atoms with E-state index in [-0.39, 0.29) is 30.4 Å². The van der Waals surface area contributed by atoms with Gasteiger partial charge in [-0.05, 0) is 53.4 Å². The van der Waals surface area contributed by atoms with Crippen molar-refractivity contribution in [1.29, 1.82) is 0 Å². The number of carboxylic acids is 1. The molecule has 1 atom stereocenters. The Kier molecular flexibility index (Phi) is 6.88. The molecule has 2 aromatic rings. The Morgan fingerprint density at radius 1 is 1.03 bits per heavy atom. The van der Waals surface area contributed by atoms with Gasteiger partial charge in [-0.25, -0.2) is 9.59 Å². The zero-order chi connectivity index (χ0) is 25.2. The number of ether oxygens (including phenoxy) is 1. The van der Waals surface area contributed by atoms with Crippen LogP contribution < -0.4 is 10.6 Å². The number of amides is 2. The summed E-state index contributed by atoms with van der Waals surface area (Å²) in [6.07, 6.45) is 1.54. The summed E-state index contributed by atoms with van der Waals surface area (Å²) in [5.41, 5.74) is 3.21. The van der Waals surface area contributed by atoms with Crippen molar-refractivity contribution in [2.45, 2.75) is 57.9 Å². The predicted octanol–water partition coefficient (Wildman–Crippen LogP) is 4.70. The maximum Gasteiger partial charge on any atom is 0.407 e. The molecule has 0 radical (unpaired) electrons. The van der Waals surface area contributed by atoms with E-state index < -0.39 is 23.5 Å². The summed E-state index contributed by atoms with van der Waals surface area (Å²) in [6, 6.07) is 16.3. The van der Waals surface area contributed by atoms with Gasteiger partial charge >= 0.3 is 12.1 Å². The van der Waals surface area contributed by atoms with E-state index in [4.69, 9.17) is 4.74 Å². The van der Waals surface area contributed by atoms with Gasteiger partial charge in [0.05, 0.1) is 5.92 Å². The largest absolute Gasteiger partial charge is 0.480 e. The fraction of sp³-hybridized carbons (Fsp3) is 0.464. The number of alkyl carbamates (subject to hydrolysis) is 1. The Morgan fingerprint density at radius 3 is 2.09 bits per heavy atom. The molecule has 186 valence electrons. The number of nitrogens with one attached hydrogen (secondary N) is 2. The predicted molar refractivity (Wildman–Crippen MR) is 133 cm³/mol. The van der Waals surface area contributed by atoms with Crippen LogP contribution in [0.15, 0.2) is 48.5 Å². The zero-order valence-electron chi connectivity index (χ0n) is 20.6. The molecule has 3 N–H and O–H groups in total. The average molecular weight is 479 g/mol. The quantitative estimate of drug-likeness (QED) is 0.510. The zero-order valence-corrected chi connectivity index (χ0v) is 20.6. The highest BCUT2D eigenvalue weighted by Gasteiger charge is 2.46. The van der Waals surface area contributed by atoms with Crippen molar-refractivity contribution in [2.75, 3.05) is 13.2 Å². The monoisotopic (exact) mass is 478 g/mol. The van der Waals surface area contributed by atoms with Crippen molar-refractivity contribution in [3.8, 4) is 11.1 Å². The Hall–Kier alpha value is -3.35. The molecule has 35 heavy (non-hydrogen) atoms. The molecule has 0 bridgehead atoms. The van der Waals surface area contributed by atoms with Crippen LogP contribution >= 0.6 is 0 Å². The first-order chi connectivity index (χ1) is 16.6. The summed E-state index contributed by atoms with van der Waals surface area (Å²) in [6.45, 7) is 6.30. The van der Waals surface area contributed by atoms with Crippen LogP contribution in [0.5, 0.6) is 0 Å². The number of rotatable bonds is 8. The molecule has 1 fully saturated rings. The Bertz CT molecular complexity index is 1070. The van der Waals surface area contributed by atoms with Gasteiger partial charge in [0.15, 0.2) is 0 Å². The highest BCUT2D eigenvalue weighted by atomic mass is 16.5. The second kappa shape index (κ2) is 9.72. The second-order valence-corrected chi connectivity index (χ2v) is 10.9. The molecule has 7 nitrogen and oxygen atoms in total. The van der Waals surface area contributed by atoms with Crippen molar-refractivity contribution in [3.63, 3.8) is 0 Å². The van der Waals surface area contributed by atoms with Crippen molar-refractivity contribution in [3.05, 3.63) is 59.7 Å². The molecule has 0 spiro atoms. The van der Waals surface area contributed by atoms with E-state index in [1.165, 1.54) is 0 Å². The third-order valence-corrected chi connectivity index (χ3v) is 7.05. The lowest BCUT2D eigenvalue weighted by molar-refractivity contribution is -0.152. The fourth-order valence-electron chi connectivity index (χ4n) is 5.11. The first kappa shape index (κ1) is 24.8. The van der Waals surface area contributed by atoms with Crippen LogP contribution in [-0.2, 0) is 14.3 Å². The highest BCUT2D eigenvalue weighted by molar-refractivity contribution is 5.89. The van der Waals surface area contributed by atoms with Gasteiger partial charge in [0.25, 0.3) is 0 Å². The lowest BCUT2D eigenvalue weighted by Crippen LogP contribution is -2.61. The third-order valence-electron chi connectivity index (χ3n) is 7.05. The maximum absolute atomic E-state index is 13.0. The molecular weight excluding hydrogens is 444 g/mol. The minimum absolute atomic E-state index is 0.0455. The van der Waals surface area contributed by atoms with E-state index in [1.807, 2.05) is 45.0 Å². The first-order valence-electron chi connectivity index (χ1n) is 12.2. The van der Waals surface area contributed by atoms with Crippen LogP contribution in [0.3, 0.4) is 0 Å². The Morgan fingerprint density at radius 2 is 1.60 bits per heavy atom. The number of aliphatic carboxylic acids is 1. The van der Waals surface area contributed by atoms with E-state index in [0.717, 1.165) is 28.7 Å². The average Bonchev–Trinajstić information content (AvgIpc) is 3.10. The maximum atomic E-state index is 13.0. The SMILES string of the molecule is CC(C)(C)CC(CNC(=O)OCC1c2ccccc2-c2ccccc21)C(=O)NC1(C(=O)O)CCC1. The van der Waals surface area contributed by atoms with Crippen LogP contribution in [-0.4, -0.2) is 41.8 Å². The van der Waals surface area contributed by atoms with Gasteiger partial charge in [0.1, 0.15) is 12.1 Å². The third kappa shape index (κ3) is 5.34. The lowest BCUT2D eigenvalue weighted by Gasteiger charge is -2.39. The molecule has 0 heterocycles. The summed E-state index contributed by atoms with van der Waals surface area (Å²) in [5, 5.41) is 15.1. The molecule has 2 aliphatic rings. The van der Waals surface area contributed by atoms with Crippen molar-refractivity contribution >= 4 is 18.0 Å². The van der Waals surface area contributed by atoms with Gasteiger partial charge in [0, 0.05) is 12.5 Å². The lowest BCUT2D eigenvalue weighted by atomic mass is 9.76. The number of benzene rings is 2. The summed E-state index contributed by atoms with van der Waals surface area (Å²) in [5.74, 6) is -1.96. The number of carbonyl (C=O) groups is 3. The number of carboxylic acid groups (broad SMARTS) is 1. The molecule has 4 rings (SSSR count). The van der Waals surface area contributed by atoms with E-state index in [2.05, 4.69) is 34.9 Å². The Labute approximate surface area is 206 Å². The van der Waals surface area contributed by atoms with Crippen molar-refractivity contribution in [1.82, 2.24) is 10.6 Å². The Balaban J connectivity index is 1.38. The summed E-state index contributed by atoms with van der Waals surface area (Å²) in [4.78, 5) is 37.3. The van der Waals surface area contributed by atoms with Crippen LogP contribution in [0, 0.1) is 11.3 Å².